The minimum atomic E-state index is -0.00974. The molecule has 3 nitrogen and oxygen atoms in total. The van der Waals surface area contributed by atoms with E-state index in [-0.39, 0.29) is 6.04 Å². The Morgan fingerprint density at radius 2 is 2.47 bits per heavy atom. The molecule has 1 aromatic carbocycles. The highest BCUT2D eigenvalue weighted by atomic mass is 16.5. The van der Waals surface area contributed by atoms with Crippen LogP contribution in [0.25, 0.3) is 0 Å². The summed E-state index contributed by atoms with van der Waals surface area (Å²) in [6, 6.07) is 5.69. The maximum Gasteiger partial charge on any atom is 0.149 e. The average Bonchev–Trinajstić information content (AvgIpc) is 2.61. The first kappa shape index (κ1) is 9.88. The van der Waals surface area contributed by atoms with Gasteiger partial charge in [-0.3, -0.25) is 0 Å². The standard InChI is InChI=1S/C12H13NO2/c1-2-3-6-14-9-4-5-10-11(13)8-15-12(10)7-9/h4-5,7,11H,6,8,13H2,1H3. The third-order valence-corrected chi connectivity index (χ3v) is 2.29. The first-order valence-corrected chi connectivity index (χ1v) is 4.86. The summed E-state index contributed by atoms with van der Waals surface area (Å²) in [5, 5.41) is 0. The van der Waals surface area contributed by atoms with Crippen LogP contribution in [0.5, 0.6) is 11.5 Å². The predicted octanol–water partition coefficient (Wildman–Crippen LogP) is 1.48. The van der Waals surface area contributed by atoms with Gasteiger partial charge in [-0.15, -0.1) is 5.92 Å². The Morgan fingerprint density at radius 3 is 3.27 bits per heavy atom. The van der Waals surface area contributed by atoms with Crippen LogP contribution in [-0.4, -0.2) is 13.2 Å². The summed E-state index contributed by atoms with van der Waals surface area (Å²) in [6.07, 6.45) is 0. The highest BCUT2D eigenvalue weighted by Gasteiger charge is 2.20. The molecule has 0 saturated carbocycles. The summed E-state index contributed by atoms with van der Waals surface area (Å²) in [6.45, 7) is 2.74. The molecule has 0 aliphatic carbocycles. The SMILES string of the molecule is CC#CCOc1ccc2c(c1)OCC2N. The molecule has 1 unspecified atom stereocenters. The monoisotopic (exact) mass is 203 g/mol. The van der Waals surface area contributed by atoms with Crippen LogP contribution in [0.4, 0.5) is 0 Å². The number of benzene rings is 1. The zero-order valence-corrected chi connectivity index (χ0v) is 8.62. The first-order valence-electron chi connectivity index (χ1n) is 4.86. The van der Waals surface area contributed by atoms with Crippen molar-refractivity contribution in [2.75, 3.05) is 13.2 Å². The molecule has 0 radical (unpaired) electrons. The van der Waals surface area contributed by atoms with Crippen molar-refractivity contribution >= 4 is 0 Å². The molecular formula is C12H13NO2. The van der Waals surface area contributed by atoms with Gasteiger partial charge in [0.25, 0.3) is 0 Å². The molecule has 1 aliphatic rings. The van der Waals surface area contributed by atoms with Gasteiger partial charge in [0, 0.05) is 11.6 Å². The Kier molecular flexibility index (Phi) is 2.79. The summed E-state index contributed by atoms with van der Waals surface area (Å²) < 4.78 is 10.8. The van der Waals surface area contributed by atoms with Gasteiger partial charge in [-0.05, 0) is 19.1 Å². The van der Waals surface area contributed by atoms with E-state index in [1.165, 1.54) is 0 Å². The van der Waals surface area contributed by atoms with Crippen LogP contribution < -0.4 is 15.2 Å². The number of hydrogen-bond donors (Lipinski definition) is 1. The second-order valence-electron chi connectivity index (χ2n) is 3.33. The second kappa shape index (κ2) is 4.24. The predicted molar refractivity (Wildman–Crippen MR) is 57.8 cm³/mol. The van der Waals surface area contributed by atoms with Crippen molar-refractivity contribution < 1.29 is 9.47 Å². The lowest BCUT2D eigenvalue weighted by molar-refractivity contribution is 0.329. The highest BCUT2D eigenvalue weighted by molar-refractivity contribution is 5.44. The third-order valence-electron chi connectivity index (χ3n) is 2.29. The summed E-state index contributed by atoms with van der Waals surface area (Å²) in [5.74, 6) is 7.20. The second-order valence-corrected chi connectivity index (χ2v) is 3.33. The Balaban J connectivity index is 2.11. The molecular weight excluding hydrogens is 190 g/mol. The first-order chi connectivity index (χ1) is 7.31. The topological polar surface area (TPSA) is 44.5 Å². The summed E-state index contributed by atoms with van der Waals surface area (Å²) in [7, 11) is 0. The van der Waals surface area contributed by atoms with Gasteiger partial charge in [0.2, 0.25) is 0 Å². The van der Waals surface area contributed by atoms with Crippen LogP contribution in [0, 0.1) is 11.8 Å². The van der Waals surface area contributed by atoms with E-state index in [0.717, 1.165) is 17.1 Å². The quantitative estimate of drug-likeness (QED) is 0.740. The lowest BCUT2D eigenvalue weighted by atomic mass is 10.1. The summed E-state index contributed by atoms with van der Waals surface area (Å²) in [5.41, 5.74) is 6.88. The van der Waals surface area contributed by atoms with Crippen molar-refractivity contribution in [2.24, 2.45) is 5.73 Å². The molecule has 1 aromatic rings. The summed E-state index contributed by atoms with van der Waals surface area (Å²) >= 11 is 0. The van der Waals surface area contributed by atoms with E-state index in [0.29, 0.717) is 13.2 Å². The molecule has 3 heteroatoms. The highest BCUT2D eigenvalue weighted by Crippen LogP contribution is 2.33. The van der Waals surface area contributed by atoms with Crippen LogP contribution in [0.3, 0.4) is 0 Å². The van der Waals surface area contributed by atoms with Gasteiger partial charge in [0.15, 0.2) is 0 Å². The molecule has 1 heterocycles. The zero-order valence-electron chi connectivity index (χ0n) is 8.62. The Labute approximate surface area is 89.2 Å². The minimum absolute atomic E-state index is 0.00974. The van der Waals surface area contributed by atoms with Crippen LogP contribution >= 0.6 is 0 Å². The van der Waals surface area contributed by atoms with Gasteiger partial charge in [-0.2, -0.15) is 0 Å². The molecule has 2 rings (SSSR count). The Morgan fingerprint density at radius 1 is 1.60 bits per heavy atom. The fraction of sp³-hybridized carbons (Fsp3) is 0.333. The van der Waals surface area contributed by atoms with Gasteiger partial charge < -0.3 is 15.2 Å². The van der Waals surface area contributed by atoms with Crippen molar-refractivity contribution in [1.29, 1.82) is 0 Å². The van der Waals surface area contributed by atoms with Crippen LogP contribution in [0.15, 0.2) is 18.2 Å². The molecule has 2 N–H and O–H groups in total. The number of fused-ring (bicyclic) bond motifs is 1. The van der Waals surface area contributed by atoms with Gasteiger partial charge in [-0.25, -0.2) is 0 Å². The zero-order chi connectivity index (χ0) is 10.7. The number of ether oxygens (including phenoxy) is 2. The van der Waals surface area contributed by atoms with E-state index in [1.54, 1.807) is 6.92 Å². The largest absolute Gasteiger partial charge is 0.491 e. The number of rotatable bonds is 2. The number of nitrogens with two attached hydrogens (primary N) is 1. The van der Waals surface area contributed by atoms with Gasteiger partial charge in [0.1, 0.15) is 24.7 Å². The van der Waals surface area contributed by atoms with Crippen LogP contribution in [0.2, 0.25) is 0 Å². The fourth-order valence-corrected chi connectivity index (χ4v) is 1.50. The molecule has 0 spiro atoms. The van der Waals surface area contributed by atoms with Crippen molar-refractivity contribution in [3.8, 4) is 23.3 Å². The third kappa shape index (κ3) is 2.05. The van der Waals surface area contributed by atoms with Crippen LogP contribution in [-0.2, 0) is 0 Å². The van der Waals surface area contributed by atoms with Crippen molar-refractivity contribution in [2.45, 2.75) is 13.0 Å². The fourth-order valence-electron chi connectivity index (χ4n) is 1.50. The lowest BCUT2D eigenvalue weighted by Gasteiger charge is -2.04. The maximum absolute atomic E-state index is 5.83. The van der Waals surface area contributed by atoms with E-state index in [9.17, 15) is 0 Å². The van der Waals surface area contributed by atoms with E-state index in [1.807, 2.05) is 18.2 Å². The molecule has 0 saturated heterocycles. The molecule has 15 heavy (non-hydrogen) atoms. The minimum Gasteiger partial charge on any atom is -0.491 e. The number of hydrogen-bond acceptors (Lipinski definition) is 3. The molecule has 0 fully saturated rings. The van der Waals surface area contributed by atoms with Crippen molar-refractivity contribution in [3.63, 3.8) is 0 Å². The summed E-state index contributed by atoms with van der Waals surface area (Å²) in [4.78, 5) is 0. The Bertz CT molecular complexity index is 417. The maximum atomic E-state index is 5.83. The van der Waals surface area contributed by atoms with E-state index in [2.05, 4.69) is 11.8 Å². The normalized spacial score (nSPS) is 17.3. The van der Waals surface area contributed by atoms with Gasteiger partial charge in [-0.1, -0.05) is 5.92 Å². The smallest absolute Gasteiger partial charge is 0.149 e. The van der Waals surface area contributed by atoms with Gasteiger partial charge >= 0.3 is 0 Å². The molecule has 0 aromatic heterocycles. The van der Waals surface area contributed by atoms with Crippen LogP contribution in [0.1, 0.15) is 18.5 Å². The van der Waals surface area contributed by atoms with Crippen molar-refractivity contribution in [1.82, 2.24) is 0 Å². The lowest BCUT2D eigenvalue weighted by Crippen LogP contribution is -2.10. The van der Waals surface area contributed by atoms with E-state index < -0.39 is 0 Å². The molecule has 78 valence electrons. The molecule has 1 atom stereocenters. The van der Waals surface area contributed by atoms with Gasteiger partial charge in [0.05, 0.1) is 6.04 Å². The van der Waals surface area contributed by atoms with Crippen molar-refractivity contribution in [3.05, 3.63) is 23.8 Å². The molecule has 1 aliphatic heterocycles. The molecule has 0 amide bonds. The van der Waals surface area contributed by atoms with E-state index >= 15 is 0 Å². The average molecular weight is 203 g/mol. The van der Waals surface area contributed by atoms with E-state index in [4.69, 9.17) is 15.2 Å². The molecule has 0 bridgehead atoms. The Hall–Kier alpha value is -1.66.